The summed E-state index contributed by atoms with van der Waals surface area (Å²) in [7, 11) is 0. The molecule has 0 N–H and O–H groups in total. The number of esters is 1. The maximum Gasteiger partial charge on any atom is 0.311 e. The molecular weight excluding hydrogens is 544 g/mol. The smallest absolute Gasteiger partial charge is 0.311 e. The van der Waals surface area contributed by atoms with E-state index in [-0.39, 0.29) is 31.0 Å². The van der Waals surface area contributed by atoms with E-state index in [9.17, 15) is 4.79 Å². The number of rotatable bonds is 15. The lowest BCUT2D eigenvalue weighted by molar-refractivity contribution is -0.184. The minimum Gasteiger partial charge on any atom is -0.490 e. The summed E-state index contributed by atoms with van der Waals surface area (Å²) in [6, 6.07) is 36.2. The lowest BCUT2D eigenvalue weighted by Gasteiger charge is -2.24. The van der Waals surface area contributed by atoms with E-state index in [2.05, 4.69) is 24.8 Å². The quantitative estimate of drug-likeness (QED) is 0.0602. The highest BCUT2D eigenvalue weighted by atomic mass is 16.7. The fourth-order valence-corrected chi connectivity index (χ4v) is 4.98. The first kappa shape index (κ1) is 32.2. The normalized spacial score (nSPS) is 13.7. The molecule has 0 radical (unpaired) electrons. The number of hydrogen-bond donors (Lipinski definition) is 0. The third-order valence-corrected chi connectivity index (χ3v) is 7.67. The summed E-state index contributed by atoms with van der Waals surface area (Å²) < 4.78 is 18.6. The number of allylic oxidation sites excluding steroid dienone is 5. The van der Waals surface area contributed by atoms with Gasteiger partial charge in [-0.15, -0.1) is 0 Å². The van der Waals surface area contributed by atoms with Crippen molar-refractivity contribution in [1.29, 1.82) is 0 Å². The number of hydrogen-bond acceptors (Lipinski definition) is 4. The molecule has 0 spiro atoms. The Bertz CT molecular complexity index is 1520. The van der Waals surface area contributed by atoms with Crippen molar-refractivity contribution in [3.63, 3.8) is 0 Å². The van der Waals surface area contributed by atoms with Gasteiger partial charge in [-0.1, -0.05) is 154 Å². The molecule has 0 aliphatic heterocycles. The van der Waals surface area contributed by atoms with E-state index in [0.29, 0.717) is 6.42 Å². The summed E-state index contributed by atoms with van der Waals surface area (Å²) in [5, 5.41) is 0. The maximum atomic E-state index is 13.3. The van der Waals surface area contributed by atoms with E-state index >= 15 is 0 Å². The number of carbonyl (C=O) groups excluding carboxylic acids is 1. The first-order valence-corrected chi connectivity index (χ1v) is 15.2. The Morgan fingerprint density at radius 3 is 2.14 bits per heavy atom. The van der Waals surface area contributed by atoms with Gasteiger partial charge < -0.3 is 14.2 Å². The lowest BCUT2D eigenvalue weighted by atomic mass is 9.89. The van der Waals surface area contributed by atoms with Gasteiger partial charge in [-0.05, 0) is 35.1 Å². The van der Waals surface area contributed by atoms with Gasteiger partial charge in [0.1, 0.15) is 12.4 Å². The monoisotopic (exact) mass is 586 g/mol. The lowest BCUT2D eigenvalue weighted by Crippen LogP contribution is -2.30. The Kier molecular flexibility index (Phi) is 12.3. The fraction of sp³-hybridized carbons (Fsp3) is 0.225. The van der Waals surface area contributed by atoms with Gasteiger partial charge in [-0.2, -0.15) is 0 Å². The molecule has 4 rings (SSSR count). The summed E-state index contributed by atoms with van der Waals surface area (Å²) in [5.74, 6) is 0.133. The van der Waals surface area contributed by atoms with E-state index in [0.717, 1.165) is 39.1 Å². The molecular formula is C40H42O4. The van der Waals surface area contributed by atoms with E-state index in [4.69, 9.17) is 14.2 Å². The van der Waals surface area contributed by atoms with Crippen LogP contribution in [-0.2, 0) is 20.7 Å². The van der Waals surface area contributed by atoms with Crippen molar-refractivity contribution in [2.75, 3.05) is 13.2 Å². The van der Waals surface area contributed by atoms with Gasteiger partial charge >= 0.3 is 5.97 Å². The summed E-state index contributed by atoms with van der Waals surface area (Å²) in [6.07, 6.45) is 7.52. The van der Waals surface area contributed by atoms with Crippen LogP contribution in [0.3, 0.4) is 0 Å². The second-order valence-corrected chi connectivity index (χ2v) is 10.7. The Labute approximate surface area is 262 Å². The molecule has 4 heteroatoms. The standard InChI is InChI=1S/C40H42O4/c1-5-7-20-33(6-2)36-25-17-26-37(35-23-15-10-16-24-35)39(36)43-28-27-42-38(29-32-18-11-8-12-19-32)44-40(41)31(4)30(3)34-21-13-9-14-22-34/h5-26,30-31,38H,2,27-29H2,1,3-4H3/b7-5-,33-20+. The molecule has 0 bridgehead atoms. The number of ether oxygens (including phenoxy) is 3. The first-order valence-electron chi connectivity index (χ1n) is 15.2. The molecule has 0 aliphatic carbocycles. The van der Waals surface area contributed by atoms with Gasteiger partial charge in [-0.25, -0.2) is 0 Å². The molecule has 4 aromatic carbocycles. The Balaban J connectivity index is 1.50. The van der Waals surface area contributed by atoms with Crippen molar-refractivity contribution in [3.05, 3.63) is 157 Å². The van der Waals surface area contributed by atoms with Crippen molar-refractivity contribution in [2.45, 2.75) is 39.4 Å². The van der Waals surface area contributed by atoms with E-state index in [1.54, 1.807) is 0 Å². The van der Waals surface area contributed by atoms with Crippen LogP contribution in [0.1, 0.15) is 43.4 Å². The predicted octanol–water partition coefficient (Wildman–Crippen LogP) is 9.45. The van der Waals surface area contributed by atoms with Gasteiger partial charge in [-0.3, -0.25) is 4.79 Å². The van der Waals surface area contributed by atoms with Crippen LogP contribution in [0.25, 0.3) is 16.7 Å². The Hall–Kier alpha value is -4.67. The molecule has 0 heterocycles. The molecule has 3 atom stereocenters. The Morgan fingerprint density at radius 2 is 1.48 bits per heavy atom. The summed E-state index contributed by atoms with van der Waals surface area (Å²) in [6.45, 7) is 10.5. The zero-order valence-corrected chi connectivity index (χ0v) is 25.9. The molecule has 0 aromatic heterocycles. The minimum atomic E-state index is -0.749. The molecule has 0 amide bonds. The minimum absolute atomic E-state index is 0.00646. The summed E-state index contributed by atoms with van der Waals surface area (Å²) >= 11 is 0. The second kappa shape index (κ2) is 16.8. The van der Waals surface area contributed by atoms with Crippen LogP contribution in [-0.4, -0.2) is 25.5 Å². The van der Waals surface area contributed by atoms with Gasteiger partial charge in [0, 0.05) is 17.5 Å². The van der Waals surface area contributed by atoms with Gasteiger partial charge in [0.15, 0.2) is 0 Å². The van der Waals surface area contributed by atoms with E-state index in [1.165, 1.54) is 0 Å². The highest BCUT2D eigenvalue weighted by Gasteiger charge is 2.26. The highest BCUT2D eigenvalue weighted by molar-refractivity contribution is 5.84. The third kappa shape index (κ3) is 8.92. The molecule has 226 valence electrons. The SMILES string of the molecule is C=C/C(=C\C=C/C)c1cccc(-c2ccccc2)c1OCCOC(Cc1ccccc1)OC(=O)C(C)C(C)c1ccccc1. The third-order valence-electron chi connectivity index (χ3n) is 7.67. The van der Waals surface area contributed by atoms with Crippen molar-refractivity contribution >= 4 is 11.5 Å². The highest BCUT2D eigenvalue weighted by Crippen LogP contribution is 2.37. The predicted molar refractivity (Wildman–Crippen MR) is 180 cm³/mol. The fourth-order valence-electron chi connectivity index (χ4n) is 4.98. The molecule has 3 unspecified atom stereocenters. The van der Waals surface area contributed by atoms with Crippen LogP contribution in [0, 0.1) is 5.92 Å². The molecule has 44 heavy (non-hydrogen) atoms. The molecule has 0 fully saturated rings. The summed E-state index contributed by atoms with van der Waals surface area (Å²) in [4.78, 5) is 13.3. The van der Waals surface area contributed by atoms with Crippen LogP contribution in [0.4, 0.5) is 0 Å². The average Bonchev–Trinajstić information content (AvgIpc) is 3.07. The molecule has 0 saturated carbocycles. The first-order chi connectivity index (χ1) is 21.5. The average molecular weight is 587 g/mol. The van der Waals surface area contributed by atoms with Gasteiger partial charge in [0.2, 0.25) is 6.29 Å². The van der Waals surface area contributed by atoms with Crippen molar-refractivity contribution < 1.29 is 19.0 Å². The zero-order chi connectivity index (χ0) is 31.1. The van der Waals surface area contributed by atoms with Crippen LogP contribution >= 0.6 is 0 Å². The van der Waals surface area contributed by atoms with Crippen molar-refractivity contribution in [3.8, 4) is 16.9 Å². The zero-order valence-electron chi connectivity index (χ0n) is 25.9. The molecule has 4 aromatic rings. The molecule has 0 saturated heterocycles. The van der Waals surface area contributed by atoms with Crippen LogP contribution in [0.2, 0.25) is 0 Å². The van der Waals surface area contributed by atoms with E-state index in [1.807, 2.05) is 136 Å². The molecule has 4 nitrogen and oxygen atoms in total. The van der Waals surface area contributed by atoms with Gasteiger partial charge in [0.25, 0.3) is 0 Å². The van der Waals surface area contributed by atoms with Crippen LogP contribution in [0.5, 0.6) is 5.75 Å². The topological polar surface area (TPSA) is 44.8 Å². The van der Waals surface area contributed by atoms with Crippen molar-refractivity contribution in [1.82, 2.24) is 0 Å². The number of para-hydroxylation sites is 1. The largest absolute Gasteiger partial charge is 0.490 e. The van der Waals surface area contributed by atoms with Crippen LogP contribution in [0.15, 0.2) is 140 Å². The van der Waals surface area contributed by atoms with Crippen LogP contribution < -0.4 is 4.74 Å². The summed E-state index contributed by atoms with van der Waals surface area (Å²) in [5.41, 5.74) is 6.05. The van der Waals surface area contributed by atoms with Gasteiger partial charge in [0.05, 0.1) is 12.5 Å². The second-order valence-electron chi connectivity index (χ2n) is 10.7. The van der Waals surface area contributed by atoms with Crippen molar-refractivity contribution in [2.24, 2.45) is 5.92 Å². The maximum absolute atomic E-state index is 13.3. The van der Waals surface area contributed by atoms with E-state index < -0.39 is 6.29 Å². The number of carbonyl (C=O) groups is 1. The Morgan fingerprint density at radius 1 is 0.818 bits per heavy atom. The number of benzene rings is 4. The molecule has 0 aliphatic rings.